The van der Waals surface area contributed by atoms with Crippen molar-refractivity contribution in [2.75, 3.05) is 17.8 Å². The predicted molar refractivity (Wildman–Crippen MR) is 84.9 cm³/mol. The van der Waals surface area contributed by atoms with Crippen molar-refractivity contribution in [3.05, 3.63) is 18.2 Å². The SMILES string of the molecule is CCCOc1cc(N)cc(NN2C(C)CCCC2C)c1. The summed E-state index contributed by atoms with van der Waals surface area (Å²) < 4.78 is 5.68. The fourth-order valence-corrected chi connectivity index (χ4v) is 2.78. The van der Waals surface area contributed by atoms with Crippen LogP contribution in [-0.4, -0.2) is 23.7 Å². The van der Waals surface area contributed by atoms with E-state index in [9.17, 15) is 0 Å². The number of hydrogen-bond acceptors (Lipinski definition) is 4. The third-order valence-electron chi connectivity index (χ3n) is 3.85. The van der Waals surface area contributed by atoms with E-state index in [4.69, 9.17) is 10.5 Å². The van der Waals surface area contributed by atoms with Crippen LogP contribution in [0.4, 0.5) is 11.4 Å². The number of hydrogen-bond donors (Lipinski definition) is 2. The molecule has 2 unspecified atom stereocenters. The van der Waals surface area contributed by atoms with Gasteiger partial charge in [0.1, 0.15) is 5.75 Å². The Kier molecular flexibility index (Phi) is 5.12. The second-order valence-corrected chi connectivity index (χ2v) is 5.79. The number of piperidine rings is 1. The van der Waals surface area contributed by atoms with Crippen LogP contribution in [-0.2, 0) is 0 Å². The molecule has 0 aliphatic carbocycles. The lowest BCUT2D eigenvalue weighted by molar-refractivity contribution is 0.135. The first-order valence-corrected chi connectivity index (χ1v) is 7.68. The molecule has 4 heteroatoms. The number of rotatable bonds is 5. The lowest BCUT2D eigenvalue weighted by Gasteiger charge is -2.39. The van der Waals surface area contributed by atoms with E-state index in [-0.39, 0.29) is 0 Å². The van der Waals surface area contributed by atoms with Crippen molar-refractivity contribution in [1.29, 1.82) is 0 Å². The summed E-state index contributed by atoms with van der Waals surface area (Å²) in [6.07, 6.45) is 4.78. The van der Waals surface area contributed by atoms with Crippen LogP contribution >= 0.6 is 0 Å². The molecule has 1 aromatic carbocycles. The summed E-state index contributed by atoms with van der Waals surface area (Å²) >= 11 is 0. The molecule has 1 aliphatic heterocycles. The maximum Gasteiger partial charge on any atom is 0.123 e. The maximum atomic E-state index is 5.97. The zero-order valence-corrected chi connectivity index (χ0v) is 12.9. The lowest BCUT2D eigenvalue weighted by Crippen LogP contribution is -2.47. The van der Waals surface area contributed by atoms with E-state index >= 15 is 0 Å². The minimum atomic E-state index is 0.542. The van der Waals surface area contributed by atoms with Crippen LogP contribution in [0.15, 0.2) is 18.2 Å². The highest BCUT2D eigenvalue weighted by Gasteiger charge is 2.24. The standard InChI is InChI=1S/C16H27N3O/c1-4-8-20-16-10-14(17)9-15(11-16)18-19-12(2)6-5-7-13(19)3/h9-13,18H,4-8,17H2,1-3H3. The molecule has 0 spiro atoms. The number of nitrogens with zero attached hydrogens (tertiary/aromatic N) is 1. The fourth-order valence-electron chi connectivity index (χ4n) is 2.78. The first kappa shape index (κ1) is 15.0. The van der Waals surface area contributed by atoms with E-state index in [2.05, 4.69) is 31.2 Å². The van der Waals surface area contributed by atoms with E-state index in [0.717, 1.165) is 30.2 Å². The molecule has 1 heterocycles. The van der Waals surface area contributed by atoms with Crippen LogP contribution < -0.4 is 15.9 Å². The molecule has 1 saturated heterocycles. The first-order chi connectivity index (χ1) is 9.60. The molecule has 3 N–H and O–H groups in total. The molecular formula is C16H27N3O. The molecule has 4 nitrogen and oxygen atoms in total. The Bertz CT molecular complexity index is 426. The fraction of sp³-hybridized carbons (Fsp3) is 0.625. The van der Waals surface area contributed by atoms with Gasteiger partial charge in [0.05, 0.1) is 12.3 Å². The van der Waals surface area contributed by atoms with Crippen LogP contribution in [0, 0.1) is 0 Å². The summed E-state index contributed by atoms with van der Waals surface area (Å²) in [5.74, 6) is 0.840. The molecule has 2 rings (SSSR count). The van der Waals surface area contributed by atoms with Gasteiger partial charge in [-0.05, 0) is 39.2 Å². The summed E-state index contributed by atoms with van der Waals surface area (Å²) in [5, 5.41) is 2.34. The van der Waals surface area contributed by atoms with Gasteiger partial charge in [-0.25, -0.2) is 5.01 Å². The average Bonchev–Trinajstić information content (AvgIpc) is 2.40. The van der Waals surface area contributed by atoms with Gasteiger partial charge in [-0.15, -0.1) is 0 Å². The van der Waals surface area contributed by atoms with Crippen molar-refractivity contribution in [2.24, 2.45) is 0 Å². The Morgan fingerprint density at radius 3 is 2.60 bits per heavy atom. The van der Waals surface area contributed by atoms with E-state index in [1.807, 2.05) is 18.2 Å². The highest BCUT2D eigenvalue weighted by molar-refractivity contribution is 5.58. The van der Waals surface area contributed by atoms with Gasteiger partial charge in [0.15, 0.2) is 0 Å². The Labute approximate surface area is 122 Å². The molecule has 20 heavy (non-hydrogen) atoms. The summed E-state index contributed by atoms with van der Waals surface area (Å²) in [5.41, 5.74) is 11.2. The molecule has 0 aromatic heterocycles. The van der Waals surface area contributed by atoms with Crippen molar-refractivity contribution < 1.29 is 4.74 Å². The highest BCUT2D eigenvalue weighted by atomic mass is 16.5. The Morgan fingerprint density at radius 1 is 1.25 bits per heavy atom. The second-order valence-electron chi connectivity index (χ2n) is 5.79. The number of nitrogen functional groups attached to an aromatic ring is 1. The number of ether oxygens (including phenoxy) is 1. The predicted octanol–water partition coefficient (Wildman–Crippen LogP) is 3.65. The van der Waals surface area contributed by atoms with E-state index in [1.54, 1.807) is 0 Å². The number of nitrogens with one attached hydrogen (secondary N) is 1. The molecule has 1 fully saturated rings. The number of anilines is 2. The third-order valence-corrected chi connectivity index (χ3v) is 3.85. The van der Waals surface area contributed by atoms with E-state index in [1.165, 1.54) is 19.3 Å². The monoisotopic (exact) mass is 277 g/mol. The molecule has 0 amide bonds. The average molecular weight is 277 g/mol. The summed E-state index contributed by atoms with van der Waals surface area (Å²) in [6, 6.07) is 6.96. The Hall–Kier alpha value is -1.42. The van der Waals surface area contributed by atoms with Crippen molar-refractivity contribution in [2.45, 2.75) is 58.5 Å². The van der Waals surface area contributed by atoms with Crippen molar-refractivity contribution >= 4 is 11.4 Å². The second kappa shape index (κ2) is 6.84. The zero-order valence-electron chi connectivity index (χ0n) is 12.9. The maximum absolute atomic E-state index is 5.97. The summed E-state index contributed by atoms with van der Waals surface area (Å²) in [4.78, 5) is 0. The van der Waals surface area contributed by atoms with Crippen LogP contribution in [0.1, 0.15) is 46.5 Å². The summed E-state index contributed by atoms with van der Waals surface area (Å²) in [6.45, 7) is 7.36. The van der Waals surface area contributed by atoms with E-state index in [0.29, 0.717) is 12.1 Å². The molecular weight excluding hydrogens is 250 g/mol. The smallest absolute Gasteiger partial charge is 0.123 e. The number of nitrogens with two attached hydrogens (primary N) is 1. The van der Waals surface area contributed by atoms with Crippen molar-refractivity contribution in [3.8, 4) is 5.75 Å². The molecule has 2 atom stereocenters. The largest absolute Gasteiger partial charge is 0.493 e. The molecule has 112 valence electrons. The quantitative estimate of drug-likeness (QED) is 0.807. The van der Waals surface area contributed by atoms with Crippen molar-refractivity contribution in [1.82, 2.24) is 5.01 Å². The van der Waals surface area contributed by atoms with Crippen LogP contribution in [0.2, 0.25) is 0 Å². The lowest BCUT2D eigenvalue weighted by atomic mass is 10.00. The summed E-state index contributed by atoms with van der Waals surface area (Å²) in [7, 11) is 0. The highest BCUT2D eigenvalue weighted by Crippen LogP contribution is 2.27. The van der Waals surface area contributed by atoms with E-state index < -0.39 is 0 Å². The van der Waals surface area contributed by atoms with Gasteiger partial charge in [-0.2, -0.15) is 0 Å². The van der Waals surface area contributed by atoms with Gasteiger partial charge >= 0.3 is 0 Å². The first-order valence-electron chi connectivity index (χ1n) is 7.68. The van der Waals surface area contributed by atoms with Gasteiger partial charge in [-0.1, -0.05) is 13.3 Å². The van der Waals surface area contributed by atoms with Crippen LogP contribution in [0.25, 0.3) is 0 Å². The molecule has 0 saturated carbocycles. The van der Waals surface area contributed by atoms with Crippen LogP contribution in [0.5, 0.6) is 5.75 Å². The van der Waals surface area contributed by atoms with Gasteiger partial charge in [0, 0.05) is 29.9 Å². The Morgan fingerprint density at radius 2 is 1.95 bits per heavy atom. The molecule has 1 aliphatic rings. The number of benzene rings is 1. The normalized spacial score (nSPS) is 23.6. The number of hydrazine groups is 1. The molecule has 1 aromatic rings. The van der Waals surface area contributed by atoms with Gasteiger partial charge in [0.2, 0.25) is 0 Å². The zero-order chi connectivity index (χ0) is 14.5. The van der Waals surface area contributed by atoms with Gasteiger partial charge in [-0.3, -0.25) is 0 Å². The minimum absolute atomic E-state index is 0.542. The third kappa shape index (κ3) is 3.79. The topological polar surface area (TPSA) is 50.5 Å². The van der Waals surface area contributed by atoms with Gasteiger partial charge in [0.25, 0.3) is 0 Å². The minimum Gasteiger partial charge on any atom is -0.493 e. The Balaban J connectivity index is 2.09. The molecule has 0 radical (unpaired) electrons. The van der Waals surface area contributed by atoms with Crippen molar-refractivity contribution in [3.63, 3.8) is 0 Å². The van der Waals surface area contributed by atoms with Gasteiger partial charge < -0.3 is 15.9 Å². The van der Waals surface area contributed by atoms with Crippen LogP contribution in [0.3, 0.4) is 0 Å². The molecule has 0 bridgehead atoms.